The van der Waals surface area contributed by atoms with Gasteiger partial charge in [-0.25, -0.2) is 13.2 Å². The van der Waals surface area contributed by atoms with Gasteiger partial charge in [0.05, 0.1) is 24.7 Å². The fraction of sp³-hybridized carbons (Fsp3) is 0.381. The molecule has 1 aliphatic heterocycles. The van der Waals surface area contributed by atoms with Gasteiger partial charge >= 0.3 is 5.97 Å². The van der Waals surface area contributed by atoms with E-state index in [1.54, 1.807) is 33.1 Å². The fourth-order valence-electron chi connectivity index (χ4n) is 3.82. The Morgan fingerprint density at radius 3 is 2.38 bits per heavy atom. The van der Waals surface area contributed by atoms with E-state index in [4.69, 9.17) is 14.6 Å². The summed E-state index contributed by atoms with van der Waals surface area (Å²) in [6.45, 7) is 3.25. The molecule has 0 bridgehead atoms. The number of ether oxygens (including phenoxy) is 2. The largest absolute Gasteiger partial charge is 0.497 e. The van der Waals surface area contributed by atoms with Crippen LogP contribution in [0.1, 0.15) is 22.3 Å². The average molecular weight is 419 g/mol. The number of benzene rings is 2. The molecule has 8 heteroatoms. The van der Waals surface area contributed by atoms with Gasteiger partial charge in [-0.1, -0.05) is 24.3 Å². The summed E-state index contributed by atoms with van der Waals surface area (Å²) in [5, 5.41) is 8.86. The number of carboxylic acids is 1. The smallest absolute Gasteiger partial charge is 0.329 e. The number of aliphatic carboxylic acids is 1. The SMILES string of the molecule is COc1cc(C)c(S(=O)(=O)N2Cc3ccccc3CC2COCC(=O)O)c(C)c1. The lowest BCUT2D eigenvalue weighted by atomic mass is 9.96. The molecule has 1 atom stereocenters. The van der Waals surface area contributed by atoms with E-state index >= 15 is 0 Å². The van der Waals surface area contributed by atoms with Crippen molar-refractivity contribution in [1.82, 2.24) is 4.31 Å². The predicted molar refractivity (Wildman–Crippen MR) is 108 cm³/mol. The summed E-state index contributed by atoms with van der Waals surface area (Å²) >= 11 is 0. The summed E-state index contributed by atoms with van der Waals surface area (Å²) in [6.07, 6.45) is 0.462. The third-order valence-corrected chi connectivity index (χ3v) is 7.28. The highest BCUT2D eigenvalue weighted by atomic mass is 32.2. The summed E-state index contributed by atoms with van der Waals surface area (Å²) in [6, 6.07) is 10.6. The van der Waals surface area contributed by atoms with Gasteiger partial charge in [-0.2, -0.15) is 4.31 Å². The van der Waals surface area contributed by atoms with Crippen molar-refractivity contribution < 1.29 is 27.8 Å². The molecule has 1 unspecified atom stereocenters. The number of hydrogen-bond acceptors (Lipinski definition) is 5. The molecule has 2 aromatic rings. The van der Waals surface area contributed by atoms with E-state index in [-0.39, 0.29) is 18.0 Å². The lowest BCUT2D eigenvalue weighted by Gasteiger charge is -2.36. The second kappa shape index (κ2) is 8.52. The number of nitrogens with zero attached hydrogens (tertiary/aromatic N) is 1. The van der Waals surface area contributed by atoms with Crippen LogP contribution in [0.15, 0.2) is 41.3 Å². The number of carboxylic acid groups (broad SMARTS) is 1. The highest BCUT2D eigenvalue weighted by molar-refractivity contribution is 7.89. The van der Waals surface area contributed by atoms with Crippen LogP contribution in [0.5, 0.6) is 5.75 Å². The van der Waals surface area contributed by atoms with Crippen molar-refractivity contribution >= 4 is 16.0 Å². The normalized spacial score (nSPS) is 17.0. The molecule has 1 N–H and O–H groups in total. The standard InChI is InChI=1S/C21H25NO6S/c1-14-8-19(27-3)9-15(2)21(14)29(25,26)22-11-17-7-5-4-6-16(17)10-18(22)12-28-13-20(23)24/h4-9,18H,10-13H2,1-3H3,(H,23,24). The Bertz CT molecular complexity index is 995. The highest BCUT2D eigenvalue weighted by Crippen LogP contribution is 2.33. The number of aryl methyl sites for hydroxylation is 2. The average Bonchev–Trinajstić information content (AvgIpc) is 2.66. The second-order valence-electron chi connectivity index (χ2n) is 7.18. The van der Waals surface area contributed by atoms with E-state index in [0.717, 1.165) is 11.1 Å². The van der Waals surface area contributed by atoms with E-state index < -0.39 is 28.6 Å². The summed E-state index contributed by atoms with van der Waals surface area (Å²) < 4.78 is 39.3. The molecule has 0 saturated carbocycles. The molecule has 2 aromatic carbocycles. The molecular formula is C21H25NO6S. The maximum Gasteiger partial charge on any atom is 0.329 e. The van der Waals surface area contributed by atoms with Crippen molar-refractivity contribution in [2.45, 2.75) is 37.8 Å². The maximum atomic E-state index is 13.7. The number of fused-ring (bicyclic) bond motifs is 1. The van der Waals surface area contributed by atoms with Gasteiger partial charge in [-0.05, 0) is 54.7 Å². The summed E-state index contributed by atoms with van der Waals surface area (Å²) in [5.41, 5.74) is 3.19. The minimum absolute atomic E-state index is 0.00805. The van der Waals surface area contributed by atoms with Crippen LogP contribution < -0.4 is 4.74 Å². The molecule has 29 heavy (non-hydrogen) atoms. The third-order valence-electron chi connectivity index (χ3n) is 5.08. The van der Waals surface area contributed by atoms with E-state index in [0.29, 0.717) is 23.3 Å². The zero-order chi connectivity index (χ0) is 21.2. The number of rotatable bonds is 7. The van der Waals surface area contributed by atoms with Gasteiger partial charge in [0.25, 0.3) is 0 Å². The zero-order valence-electron chi connectivity index (χ0n) is 16.7. The molecule has 1 aliphatic rings. The molecule has 0 amide bonds. The lowest BCUT2D eigenvalue weighted by molar-refractivity contribution is -0.142. The topological polar surface area (TPSA) is 93.1 Å². The van der Waals surface area contributed by atoms with Gasteiger partial charge in [-0.15, -0.1) is 0 Å². The van der Waals surface area contributed by atoms with Crippen LogP contribution >= 0.6 is 0 Å². The van der Waals surface area contributed by atoms with Gasteiger partial charge in [0.2, 0.25) is 10.0 Å². The summed E-state index contributed by atoms with van der Waals surface area (Å²) in [7, 11) is -2.30. The zero-order valence-corrected chi connectivity index (χ0v) is 17.5. The van der Waals surface area contributed by atoms with Crippen molar-refractivity contribution in [2.75, 3.05) is 20.3 Å². The molecular weight excluding hydrogens is 394 g/mol. The highest BCUT2D eigenvalue weighted by Gasteiger charge is 2.37. The van der Waals surface area contributed by atoms with Gasteiger partial charge in [-0.3, -0.25) is 0 Å². The van der Waals surface area contributed by atoms with E-state index in [1.165, 1.54) is 4.31 Å². The molecule has 7 nitrogen and oxygen atoms in total. The quantitative estimate of drug-likeness (QED) is 0.741. The Labute approximate surface area is 170 Å². The fourth-order valence-corrected chi connectivity index (χ4v) is 5.82. The molecule has 3 rings (SSSR count). The number of carbonyl (C=O) groups is 1. The van der Waals surface area contributed by atoms with Crippen molar-refractivity contribution in [1.29, 1.82) is 0 Å². The molecule has 0 saturated heterocycles. The first-order chi connectivity index (χ1) is 13.7. The molecule has 156 valence electrons. The van der Waals surface area contributed by atoms with Gasteiger partial charge in [0.1, 0.15) is 12.4 Å². The minimum Gasteiger partial charge on any atom is -0.497 e. The molecule has 0 aromatic heterocycles. The van der Waals surface area contributed by atoms with Crippen molar-refractivity contribution in [3.63, 3.8) is 0 Å². The van der Waals surface area contributed by atoms with E-state index in [9.17, 15) is 13.2 Å². The van der Waals surface area contributed by atoms with Crippen molar-refractivity contribution in [2.24, 2.45) is 0 Å². The Hall–Kier alpha value is -2.42. The molecule has 0 fully saturated rings. The van der Waals surface area contributed by atoms with Crippen LogP contribution in [0.25, 0.3) is 0 Å². The van der Waals surface area contributed by atoms with Crippen LogP contribution in [0.3, 0.4) is 0 Å². The van der Waals surface area contributed by atoms with Crippen molar-refractivity contribution in [3.05, 3.63) is 58.7 Å². The van der Waals surface area contributed by atoms with Gasteiger partial charge in [0.15, 0.2) is 0 Å². The Balaban J connectivity index is 2.01. The molecule has 1 heterocycles. The summed E-state index contributed by atoms with van der Waals surface area (Å²) in [4.78, 5) is 11.1. The Morgan fingerprint density at radius 1 is 1.17 bits per heavy atom. The first-order valence-corrected chi connectivity index (χ1v) is 10.7. The number of methoxy groups -OCH3 is 1. The van der Waals surface area contributed by atoms with E-state index in [2.05, 4.69) is 0 Å². The Kier molecular flexibility index (Phi) is 6.26. The van der Waals surface area contributed by atoms with Gasteiger partial charge in [0, 0.05) is 6.54 Å². The lowest BCUT2D eigenvalue weighted by Crippen LogP contribution is -2.47. The predicted octanol–water partition coefficient (Wildman–Crippen LogP) is 2.53. The van der Waals surface area contributed by atoms with Crippen LogP contribution in [-0.4, -0.2) is 50.2 Å². The van der Waals surface area contributed by atoms with Crippen LogP contribution in [0, 0.1) is 13.8 Å². The summed E-state index contributed by atoms with van der Waals surface area (Å²) in [5.74, 6) is -0.484. The number of sulfonamides is 1. The van der Waals surface area contributed by atoms with Crippen molar-refractivity contribution in [3.8, 4) is 5.75 Å². The third kappa shape index (κ3) is 4.44. The maximum absolute atomic E-state index is 13.7. The molecule has 0 radical (unpaired) electrons. The number of hydrogen-bond donors (Lipinski definition) is 1. The van der Waals surface area contributed by atoms with Gasteiger partial charge < -0.3 is 14.6 Å². The Morgan fingerprint density at radius 2 is 1.79 bits per heavy atom. The second-order valence-corrected chi connectivity index (χ2v) is 9.00. The van der Waals surface area contributed by atoms with Crippen LogP contribution in [0.2, 0.25) is 0 Å². The minimum atomic E-state index is -3.84. The van der Waals surface area contributed by atoms with E-state index in [1.807, 2.05) is 24.3 Å². The first kappa shape index (κ1) is 21.3. The molecule has 0 aliphatic carbocycles. The van der Waals surface area contributed by atoms with Crippen LogP contribution in [0.4, 0.5) is 0 Å². The first-order valence-electron chi connectivity index (χ1n) is 9.27. The molecule has 0 spiro atoms. The monoisotopic (exact) mass is 419 g/mol. The van der Waals surface area contributed by atoms with Crippen LogP contribution in [-0.2, 0) is 32.5 Å².